The number of nitrogen functional groups attached to an aromatic ring is 1. The number of rotatable bonds is 7. The SMILES string of the molecule is CCCn1c(N)c(C(=O)CSc2nncn2C(C)C)c(=O)[nH]c1=O. The van der Waals surface area contributed by atoms with Crippen LogP contribution >= 0.6 is 11.8 Å². The number of thioether (sulfide) groups is 1. The molecule has 0 aliphatic carbocycles. The average molecular weight is 352 g/mol. The number of H-pyrrole nitrogens is 1. The highest BCUT2D eigenvalue weighted by Gasteiger charge is 2.20. The van der Waals surface area contributed by atoms with Crippen molar-refractivity contribution in [3.05, 3.63) is 32.7 Å². The Bertz CT molecular complexity index is 851. The number of ketones is 1. The predicted molar refractivity (Wildman–Crippen MR) is 91.5 cm³/mol. The molecule has 0 saturated heterocycles. The minimum absolute atomic E-state index is 0.0248. The monoisotopic (exact) mass is 352 g/mol. The number of nitrogens with two attached hydrogens (primary N) is 1. The Labute approximate surface area is 142 Å². The quantitative estimate of drug-likeness (QED) is 0.553. The molecule has 10 heteroatoms. The lowest BCUT2D eigenvalue weighted by atomic mass is 10.2. The number of aromatic amines is 1. The molecule has 24 heavy (non-hydrogen) atoms. The van der Waals surface area contributed by atoms with Crippen LogP contribution in [0.1, 0.15) is 43.6 Å². The number of aromatic nitrogens is 5. The third kappa shape index (κ3) is 3.58. The summed E-state index contributed by atoms with van der Waals surface area (Å²) in [4.78, 5) is 38.3. The first-order valence-corrected chi connectivity index (χ1v) is 8.53. The Morgan fingerprint density at radius 2 is 2.12 bits per heavy atom. The normalized spacial score (nSPS) is 11.2. The molecule has 0 aliphatic rings. The van der Waals surface area contributed by atoms with Crippen molar-refractivity contribution in [1.82, 2.24) is 24.3 Å². The zero-order valence-electron chi connectivity index (χ0n) is 13.8. The molecule has 0 fully saturated rings. The van der Waals surface area contributed by atoms with Crippen LogP contribution in [-0.2, 0) is 6.54 Å². The molecule has 2 aromatic heterocycles. The number of carbonyl (C=O) groups is 1. The maximum absolute atomic E-state index is 12.4. The van der Waals surface area contributed by atoms with Gasteiger partial charge in [-0.15, -0.1) is 10.2 Å². The second kappa shape index (κ2) is 7.47. The maximum atomic E-state index is 12.4. The number of Topliss-reactive ketones (excluding diaryl/α,β-unsaturated/α-hetero) is 1. The van der Waals surface area contributed by atoms with Crippen molar-refractivity contribution in [2.75, 3.05) is 11.5 Å². The molecule has 130 valence electrons. The van der Waals surface area contributed by atoms with Gasteiger partial charge in [0.2, 0.25) is 0 Å². The van der Waals surface area contributed by atoms with Crippen LogP contribution in [0.4, 0.5) is 5.82 Å². The fourth-order valence-corrected chi connectivity index (χ4v) is 3.11. The van der Waals surface area contributed by atoms with Gasteiger partial charge in [0.25, 0.3) is 5.56 Å². The van der Waals surface area contributed by atoms with Gasteiger partial charge in [0.1, 0.15) is 17.7 Å². The molecule has 2 aromatic rings. The summed E-state index contributed by atoms with van der Waals surface area (Å²) in [6.45, 7) is 6.14. The summed E-state index contributed by atoms with van der Waals surface area (Å²) in [5.41, 5.74) is 4.32. The second-order valence-electron chi connectivity index (χ2n) is 5.50. The molecule has 0 unspecified atom stereocenters. The van der Waals surface area contributed by atoms with Gasteiger partial charge >= 0.3 is 5.69 Å². The number of carbonyl (C=O) groups excluding carboxylic acids is 1. The van der Waals surface area contributed by atoms with Crippen molar-refractivity contribution in [1.29, 1.82) is 0 Å². The van der Waals surface area contributed by atoms with E-state index in [1.165, 1.54) is 16.3 Å². The van der Waals surface area contributed by atoms with Crippen LogP contribution in [0, 0.1) is 0 Å². The molecule has 2 heterocycles. The van der Waals surface area contributed by atoms with Gasteiger partial charge in [0.15, 0.2) is 10.9 Å². The van der Waals surface area contributed by atoms with Crippen molar-refractivity contribution in [3.63, 3.8) is 0 Å². The van der Waals surface area contributed by atoms with E-state index in [0.29, 0.717) is 18.1 Å². The Hall–Kier alpha value is -2.36. The number of hydrogen-bond donors (Lipinski definition) is 2. The lowest BCUT2D eigenvalue weighted by Crippen LogP contribution is -2.36. The summed E-state index contributed by atoms with van der Waals surface area (Å²) < 4.78 is 3.03. The van der Waals surface area contributed by atoms with E-state index >= 15 is 0 Å². The molecule has 0 amide bonds. The van der Waals surface area contributed by atoms with E-state index in [1.54, 1.807) is 6.33 Å². The van der Waals surface area contributed by atoms with E-state index in [0.717, 1.165) is 0 Å². The van der Waals surface area contributed by atoms with Crippen LogP contribution in [-0.4, -0.2) is 35.9 Å². The van der Waals surface area contributed by atoms with Crippen LogP contribution in [0.3, 0.4) is 0 Å². The van der Waals surface area contributed by atoms with E-state index in [-0.39, 0.29) is 23.2 Å². The average Bonchev–Trinajstić information content (AvgIpc) is 2.98. The number of anilines is 1. The first-order chi connectivity index (χ1) is 11.4. The summed E-state index contributed by atoms with van der Waals surface area (Å²) in [6, 6.07) is 0.150. The zero-order chi connectivity index (χ0) is 17.9. The van der Waals surface area contributed by atoms with Gasteiger partial charge in [0, 0.05) is 12.6 Å². The van der Waals surface area contributed by atoms with Crippen molar-refractivity contribution in [2.24, 2.45) is 0 Å². The summed E-state index contributed by atoms with van der Waals surface area (Å²) in [5.74, 6) is -0.577. The molecule has 3 N–H and O–H groups in total. The number of hydrogen-bond acceptors (Lipinski definition) is 7. The lowest BCUT2D eigenvalue weighted by molar-refractivity contribution is 0.102. The fourth-order valence-electron chi connectivity index (χ4n) is 2.19. The van der Waals surface area contributed by atoms with Gasteiger partial charge in [-0.3, -0.25) is 19.1 Å². The largest absolute Gasteiger partial charge is 0.384 e. The molecule has 0 radical (unpaired) electrons. The van der Waals surface area contributed by atoms with E-state index in [2.05, 4.69) is 15.2 Å². The molecular formula is C14H20N6O3S. The minimum atomic E-state index is -0.763. The van der Waals surface area contributed by atoms with E-state index in [9.17, 15) is 14.4 Å². The van der Waals surface area contributed by atoms with Crippen LogP contribution in [0.25, 0.3) is 0 Å². The zero-order valence-corrected chi connectivity index (χ0v) is 14.6. The van der Waals surface area contributed by atoms with Crippen LogP contribution < -0.4 is 17.0 Å². The maximum Gasteiger partial charge on any atom is 0.329 e. The van der Waals surface area contributed by atoms with Gasteiger partial charge in [-0.05, 0) is 20.3 Å². The molecule has 0 aromatic carbocycles. The van der Waals surface area contributed by atoms with Crippen molar-refractivity contribution in [3.8, 4) is 0 Å². The highest BCUT2D eigenvalue weighted by molar-refractivity contribution is 7.99. The van der Waals surface area contributed by atoms with Crippen LogP contribution in [0.15, 0.2) is 21.1 Å². The standard InChI is InChI=1S/C14H20N6O3S/c1-4-5-19-11(15)10(12(22)17-13(19)23)9(21)6-24-14-18-16-7-20(14)8(2)3/h7-8H,4-6,15H2,1-3H3,(H,17,22,23). The van der Waals surface area contributed by atoms with Gasteiger partial charge in [-0.1, -0.05) is 18.7 Å². The van der Waals surface area contributed by atoms with Crippen LogP contribution in [0.5, 0.6) is 0 Å². The third-order valence-electron chi connectivity index (χ3n) is 3.39. The second-order valence-corrected chi connectivity index (χ2v) is 6.44. The lowest BCUT2D eigenvalue weighted by Gasteiger charge is -2.11. The van der Waals surface area contributed by atoms with Gasteiger partial charge in [0.05, 0.1) is 5.75 Å². The highest BCUT2D eigenvalue weighted by Crippen LogP contribution is 2.20. The summed E-state index contributed by atoms with van der Waals surface area (Å²) in [6.07, 6.45) is 2.23. The molecule has 0 bridgehead atoms. The molecule has 0 atom stereocenters. The predicted octanol–water partition coefficient (Wildman–Crippen LogP) is 0.676. The minimum Gasteiger partial charge on any atom is -0.384 e. The summed E-state index contributed by atoms with van der Waals surface area (Å²) in [5, 5.41) is 8.36. The summed E-state index contributed by atoms with van der Waals surface area (Å²) in [7, 11) is 0. The smallest absolute Gasteiger partial charge is 0.329 e. The number of nitrogens with zero attached hydrogens (tertiary/aromatic N) is 4. The van der Waals surface area contributed by atoms with Gasteiger partial charge < -0.3 is 10.3 Å². The number of nitrogens with one attached hydrogen (secondary N) is 1. The van der Waals surface area contributed by atoms with Gasteiger partial charge in [-0.2, -0.15) is 0 Å². The molecule has 0 spiro atoms. The molecule has 2 rings (SSSR count). The third-order valence-corrected chi connectivity index (χ3v) is 4.35. The van der Waals surface area contributed by atoms with Crippen molar-refractivity contribution in [2.45, 2.75) is 44.9 Å². The summed E-state index contributed by atoms with van der Waals surface area (Å²) >= 11 is 1.17. The van der Waals surface area contributed by atoms with Crippen molar-refractivity contribution < 1.29 is 4.79 Å². The molecular weight excluding hydrogens is 332 g/mol. The topological polar surface area (TPSA) is 129 Å². The van der Waals surface area contributed by atoms with Crippen LogP contribution in [0.2, 0.25) is 0 Å². The Kier molecular flexibility index (Phi) is 5.60. The highest BCUT2D eigenvalue weighted by atomic mass is 32.2. The molecule has 0 saturated carbocycles. The van der Waals surface area contributed by atoms with E-state index in [4.69, 9.17) is 5.73 Å². The Morgan fingerprint density at radius 3 is 2.75 bits per heavy atom. The Balaban J connectivity index is 2.27. The molecule has 0 aliphatic heterocycles. The van der Waals surface area contributed by atoms with E-state index < -0.39 is 17.0 Å². The first-order valence-electron chi connectivity index (χ1n) is 7.54. The molecule has 9 nitrogen and oxygen atoms in total. The fraction of sp³-hybridized carbons (Fsp3) is 0.500. The van der Waals surface area contributed by atoms with Gasteiger partial charge in [-0.25, -0.2) is 4.79 Å². The van der Waals surface area contributed by atoms with E-state index in [1.807, 2.05) is 25.3 Å². The first kappa shape index (κ1) is 18.0. The Morgan fingerprint density at radius 1 is 1.42 bits per heavy atom. The van der Waals surface area contributed by atoms with Crippen molar-refractivity contribution >= 4 is 23.4 Å².